The van der Waals surface area contributed by atoms with Crippen molar-refractivity contribution in [2.24, 2.45) is 29.6 Å². The summed E-state index contributed by atoms with van der Waals surface area (Å²) in [6.45, 7) is 7.46. The molecule has 0 amide bonds. The third-order valence-corrected chi connectivity index (χ3v) is 5.50. The highest BCUT2D eigenvalue weighted by molar-refractivity contribution is 4.89. The number of rotatable bonds is 0. The van der Waals surface area contributed by atoms with Gasteiger partial charge in [0.2, 0.25) is 0 Å². The molecule has 0 spiro atoms. The van der Waals surface area contributed by atoms with Gasteiger partial charge in [0.05, 0.1) is 0 Å². The van der Waals surface area contributed by atoms with Gasteiger partial charge < -0.3 is 0 Å². The van der Waals surface area contributed by atoms with Crippen LogP contribution < -0.4 is 0 Å². The summed E-state index contributed by atoms with van der Waals surface area (Å²) >= 11 is 0. The minimum absolute atomic E-state index is 0.986. The van der Waals surface area contributed by atoms with Crippen molar-refractivity contribution in [1.29, 1.82) is 0 Å². The fourth-order valence-corrected chi connectivity index (χ4v) is 4.18. The van der Waals surface area contributed by atoms with Gasteiger partial charge in [-0.15, -0.1) is 0 Å². The van der Waals surface area contributed by atoms with E-state index in [2.05, 4.69) is 20.8 Å². The number of hydrogen-bond acceptors (Lipinski definition) is 0. The molecule has 5 unspecified atom stereocenters. The van der Waals surface area contributed by atoms with Crippen LogP contribution in [0.25, 0.3) is 0 Å². The molecule has 0 heterocycles. The third kappa shape index (κ3) is 2.81. The van der Waals surface area contributed by atoms with Crippen molar-refractivity contribution in [3.05, 3.63) is 0 Å². The summed E-state index contributed by atoms with van der Waals surface area (Å²) in [5.41, 5.74) is 0. The summed E-state index contributed by atoms with van der Waals surface area (Å²) < 4.78 is 0. The predicted octanol–water partition coefficient (Wildman–Crippen LogP) is 5.28. The second-order valence-corrected chi connectivity index (χ2v) is 6.84. The maximum atomic E-state index is 2.52. The first-order valence-electron chi connectivity index (χ1n) is 7.68. The number of fused-ring (bicyclic) bond motifs is 1. The van der Waals surface area contributed by atoms with Gasteiger partial charge in [-0.2, -0.15) is 0 Å². The standard InChI is InChI=1S/C16H30/c1-12-7-4-5-10-15-14(3)11-16(15)13(2)9-6-8-12/h12-16H,4-11H2,1-3H3. The van der Waals surface area contributed by atoms with E-state index in [1.165, 1.54) is 51.4 Å². The lowest BCUT2D eigenvalue weighted by Crippen LogP contribution is -2.38. The topological polar surface area (TPSA) is 0 Å². The second-order valence-electron chi connectivity index (χ2n) is 6.84. The zero-order chi connectivity index (χ0) is 11.5. The highest BCUT2D eigenvalue weighted by atomic mass is 14.4. The molecule has 2 aliphatic rings. The Balaban J connectivity index is 1.90. The first-order valence-corrected chi connectivity index (χ1v) is 7.68. The lowest BCUT2D eigenvalue weighted by atomic mass is 9.59. The van der Waals surface area contributed by atoms with Crippen LogP contribution in [0, 0.1) is 29.6 Å². The van der Waals surface area contributed by atoms with Gasteiger partial charge >= 0.3 is 0 Å². The predicted molar refractivity (Wildman–Crippen MR) is 71.4 cm³/mol. The first kappa shape index (κ1) is 12.5. The van der Waals surface area contributed by atoms with Crippen LogP contribution in [0.1, 0.15) is 72.1 Å². The van der Waals surface area contributed by atoms with Crippen LogP contribution in [0.2, 0.25) is 0 Å². The van der Waals surface area contributed by atoms with Crippen LogP contribution in [-0.2, 0) is 0 Å². The molecule has 0 aromatic carbocycles. The van der Waals surface area contributed by atoms with Crippen molar-refractivity contribution in [2.75, 3.05) is 0 Å². The maximum absolute atomic E-state index is 2.52. The van der Waals surface area contributed by atoms with Gasteiger partial charge in [-0.05, 0) is 42.4 Å². The Hall–Kier alpha value is 0. The SMILES string of the molecule is CC1CCCCC2C(C)CC2C(C)CCC1. The number of hydrogen-bond donors (Lipinski definition) is 0. The van der Waals surface area contributed by atoms with E-state index < -0.39 is 0 Å². The fraction of sp³-hybridized carbons (Fsp3) is 1.00. The molecule has 16 heavy (non-hydrogen) atoms. The van der Waals surface area contributed by atoms with E-state index in [-0.39, 0.29) is 0 Å². The highest BCUT2D eigenvalue weighted by Gasteiger charge is 2.39. The van der Waals surface area contributed by atoms with E-state index >= 15 is 0 Å². The smallest absolute Gasteiger partial charge is 0.0355 e. The summed E-state index contributed by atoms with van der Waals surface area (Å²) in [4.78, 5) is 0. The van der Waals surface area contributed by atoms with Gasteiger partial charge in [0.15, 0.2) is 0 Å². The molecule has 0 aromatic rings. The van der Waals surface area contributed by atoms with Crippen molar-refractivity contribution in [3.8, 4) is 0 Å². The maximum Gasteiger partial charge on any atom is -0.0355 e. The van der Waals surface area contributed by atoms with Crippen molar-refractivity contribution in [2.45, 2.75) is 72.1 Å². The summed E-state index contributed by atoms with van der Waals surface area (Å²) in [6, 6.07) is 0. The Morgan fingerprint density at radius 3 is 2.06 bits per heavy atom. The molecule has 0 aliphatic heterocycles. The summed E-state index contributed by atoms with van der Waals surface area (Å²) in [5, 5.41) is 0. The van der Waals surface area contributed by atoms with E-state index in [1.54, 1.807) is 0 Å². The minimum Gasteiger partial charge on any atom is -0.0625 e. The Kier molecular flexibility index (Phi) is 4.33. The fourth-order valence-electron chi connectivity index (χ4n) is 4.18. The van der Waals surface area contributed by atoms with Gasteiger partial charge in [0.25, 0.3) is 0 Å². The lowest BCUT2D eigenvalue weighted by Gasteiger charge is -2.47. The Morgan fingerprint density at radius 1 is 0.625 bits per heavy atom. The normalized spacial score (nSPS) is 46.3. The second kappa shape index (κ2) is 5.56. The molecule has 2 saturated carbocycles. The summed E-state index contributed by atoms with van der Waals surface area (Å²) in [5.74, 6) is 5.20. The van der Waals surface area contributed by atoms with Crippen molar-refractivity contribution < 1.29 is 0 Å². The molecule has 0 bridgehead atoms. The lowest BCUT2D eigenvalue weighted by molar-refractivity contribution is 0.0287. The zero-order valence-corrected chi connectivity index (χ0v) is 11.5. The summed E-state index contributed by atoms with van der Waals surface area (Å²) in [6.07, 6.45) is 12.0. The van der Waals surface area contributed by atoms with Crippen LogP contribution >= 0.6 is 0 Å². The van der Waals surface area contributed by atoms with Gasteiger partial charge in [0, 0.05) is 0 Å². The monoisotopic (exact) mass is 222 g/mol. The largest absolute Gasteiger partial charge is 0.0625 e. The van der Waals surface area contributed by atoms with E-state index in [0.29, 0.717) is 0 Å². The molecular formula is C16H30. The molecule has 2 rings (SSSR count). The van der Waals surface area contributed by atoms with Crippen LogP contribution in [0.3, 0.4) is 0 Å². The molecule has 2 fully saturated rings. The zero-order valence-electron chi connectivity index (χ0n) is 11.5. The molecular weight excluding hydrogens is 192 g/mol. The van der Waals surface area contributed by atoms with Crippen LogP contribution in [0.4, 0.5) is 0 Å². The average molecular weight is 222 g/mol. The van der Waals surface area contributed by atoms with Crippen molar-refractivity contribution in [1.82, 2.24) is 0 Å². The Morgan fingerprint density at radius 2 is 1.31 bits per heavy atom. The van der Waals surface area contributed by atoms with E-state index in [9.17, 15) is 0 Å². The van der Waals surface area contributed by atoms with E-state index in [4.69, 9.17) is 0 Å². The van der Waals surface area contributed by atoms with E-state index in [1.807, 2.05) is 0 Å². The third-order valence-electron chi connectivity index (χ3n) is 5.50. The molecule has 0 nitrogen and oxygen atoms in total. The van der Waals surface area contributed by atoms with Crippen LogP contribution in [0.5, 0.6) is 0 Å². The molecule has 0 aromatic heterocycles. The molecule has 0 N–H and O–H groups in total. The highest BCUT2D eigenvalue weighted by Crippen LogP contribution is 2.48. The van der Waals surface area contributed by atoms with Crippen molar-refractivity contribution >= 4 is 0 Å². The summed E-state index contributed by atoms with van der Waals surface area (Å²) in [7, 11) is 0. The molecule has 5 atom stereocenters. The minimum atomic E-state index is 0.986. The molecule has 0 radical (unpaired) electrons. The van der Waals surface area contributed by atoms with Gasteiger partial charge in [-0.1, -0.05) is 59.3 Å². The van der Waals surface area contributed by atoms with Gasteiger partial charge in [-0.3, -0.25) is 0 Å². The molecule has 0 heteroatoms. The van der Waals surface area contributed by atoms with Crippen LogP contribution in [-0.4, -0.2) is 0 Å². The Bertz CT molecular complexity index is 208. The molecule has 94 valence electrons. The first-order chi connectivity index (χ1) is 7.68. The van der Waals surface area contributed by atoms with Crippen molar-refractivity contribution in [3.63, 3.8) is 0 Å². The van der Waals surface area contributed by atoms with Gasteiger partial charge in [0.1, 0.15) is 0 Å². The molecule has 2 aliphatic carbocycles. The molecule has 0 saturated heterocycles. The van der Waals surface area contributed by atoms with E-state index in [0.717, 1.165) is 29.6 Å². The average Bonchev–Trinajstić information content (AvgIpc) is 2.26. The quantitative estimate of drug-likeness (QED) is 0.523. The Labute approximate surface area is 102 Å². The van der Waals surface area contributed by atoms with Crippen LogP contribution in [0.15, 0.2) is 0 Å². The van der Waals surface area contributed by atoms with Gasteiger partial charge in [-0.25, -0.2) is 0 Å².